The number of aromatic nitrogens is 1. The van der Waals surface area contributed by atoms with Gasteiger partial charge in [0.15, 0.2) is 0 Å². The standard InChI is InChI=1S/C18H13F2N3OS/c1-13-23-15(9-10-21-18(24)14-5-3-2-4-6-14)12-25(13,20)16-7-8-17(19)22-11-16/h2-8,11-12H,1H3,(H,21,24). The van der Waals surface area contributed by atoms with Crippen molar-refractivity contribution in [2.75, 3.05) is 0 Å². The van der Waals surface area contributed by atoms with Crippen molar-refractivity contribution < 1.29 is 13.1 Å². The van der Waals surface area contributed by atoms with Crippen molar-refractivity contribution in [3.63, 3.8) is 0 Å². The lowest BCUT2D eigenvalue weighted by Gasteiger charge is -2.22. The van der Waals surface area contributed by atoms with Gasteiger partial charge in [-0.1, -0.05) is 18.2 Å². The number of carbonyl (C=O) groups is 1. The molecule has 1 N–H and O–H groups in total. The Labute approximate surface area is 145 Å². The van der Waals surface area contributed by atoms with E-state index in [1.165, 1.54) is 11.5 Å². The molecule has 7 heteroatoms. The number of halogens is 2. The fraction of sp³-hybridized carbons (Fsp3) is 0.0556. The number of nitrogens with one attached hydrogen (secondary N) is 1. The second-order valence-corrected chi connectivity index (χ2v) is 7.56. The lowest BCUT2D eigenvalue weighted by Crippen LogP contribution is -2.17. The summed E-state index contributed by atoms with van der Waals surface area (Å²) in [7, 11) is -2.99. The van der Waals surface area contributed by atoms with E-state index in [0.717, 1.165) is 12.3 Å². The van der Waals surface area contributed by atoms with Gasteiger partial charge in [-0.3, -0.25) is 10.1 Å². The van der Waals surface area contributed by atoms with Crippen LogP contribution in [-0.2, 0) is 0 Å². The SMILES string of the molecule is CC1=NC(C#CNC(=O)c2ccccc2)=CS1(F)c1ccc(F)nc1. The van der Waals surface area contributed by atoms with E-state index in [1.54, 1.807) is 37.3 Å². The summed E-state index contributed by atoms with van der Waals surface area (Å²) in [5.41, 5.74) is 0.687. The van der Waals surface area contributed by atoms with Crippen LogP contribution in [0.15, 0.2) is 69.7 Å². The molecule has 0 radical (unpaired) electrons. The summed E-state index contributed by atoms with van der Waals surface area (Å²) in [6.45, 7) is 1.55. The fourth-order valence-electron chi connectivity index (χ4n) is 2.15. The highest BCUT2D eigenvalue weighted by atomic mass is 32.3. The molecule has 25 heavy (non-hydrogen) atoms. The zero-order chi connectivity index (χ0) is 17.9. The zero-order valence-corrected chi connectivity index (χ0v) is 14.0. The largest absolute Gasteiger partial charge is 0.281 e. The molecule has 0 spiro atoms. The van der Waals surface area contributed by atoms with Gasteiger partial charge in [0, 0.05) is 38.5 Å². The van der Waals surface area contributed by atoms with Crippen LogP contribution < -0.4 is 5.32 Å². The molecule has 2 heterocycles. The number of nitrogens with zero attached hydrogens (tertiary/aromatic N) is 2. The molecular formula is C18H13F2N3OS. The van der Waals surface area contributed by atoms with Crippen molar-refractivity contribution in [2.45, 2.75) is 11.8 Å². The number of hydrogen-bond acceptors (Lipinski definition) is 3. The highest BCUT2D eigenvalue weighted by Gasteiger charge is 2.32. The average Bonchev–Trinajstić information content (AvgIpc) is 2.91. The lowest BCUT2D eigenvalue weighted by atomic mass is 10.2. The van der Waals surface area contributed by atoms with Crippen molar-refractivity contribution in [1.82, 2.24) is 10.3 Å². The molecule has 4 nitrogen and oxygen atoms in total. The number of pyridine rings is 1. The molecule has 1 unspecified atom stereocenters. The van der Waals surface area contributed by atoms with E-state index in [4.69, 9.17) is 0 Å². The van der Waals surface area contributed by atoms with Crippen molar-refractivity contribution in [3.8, 4) is 12.0 Å². The Kier molecular flexibility index (Phi) is 4.63. The molecule has 1 aromatic heterocycles. The van der Waals surface area contributed by atoms with Gasteiger partial charge in [0.2, 0.25) is 5.95 Å². The van der Waals surface area contributed by atoms with Crippen LogP contribution in [0.25, 0.3) is 0 Å². The monoisotopic (exact) mass is 357 g/mol. The van der Waals surface area contributed by atoms with Crippen LogP contribution in [0.3, 0.4) is 0 Å². The van der Waals surface area contributed by atoms with Gasteiger partial charge in [0.25, 0.3) is 5.91 Å². The maximum absolute atomic E-state index is 15.2. The van der Waals surface area contributed by atoms with Gasteiger partial charge in [0.05, 0.1) is 5.04 Å². The number of rotatable bonds is 2. The second-order valence-electron chi connectivity index (χ2n) is 5.10. The lowest BCUT2D eigenvalue weighted by molar-refractivity contribution is 0.0973. The van der Waals surface area contributed by atoms with Crippen molar-refractivity contribution >= 4 is 21.4 Å². The molecule has 0 bridgehead atoms. The minimum absolute atomic E-state index is 0.215. The second kappa shape index (κ2) is 6.87. The molecule has 126 valence electrons. The minimum atomic E-state index is -2.99. The summed E-state index contributed by atoms with van der Waals surface area (Å²) in [5.74, 6) is 1.60. The number of aliphatic imine (C=N–C) groups is 1. The van der Waals surface area contributed by atoms with Gasteiger partial charge >= 0.3 is 0 Å². The van der Waals surface area contributed by atoms with E-state index in [0.29, 0.717) is 5.56 Å². The maximum Gasteiger partial charge on any atom is 0.262 e. The van der Waals surface area contributed by atoms with E-state index in [1.807, 2.05) is 0 Å². The van der Waals surface area contributed by atoms with Gasteiger partial charge in [-0.15, -0.1) is 0 Å². The molecule has 1 aliphatic heterocycles. The summed E-state index contributed by atoms with van der Waals surface area (Å²) in [5, 5.41) is 3.98. The molecule has 0 saturated carbocycles. The Bertz CT molecular complexity index is 930. The normalized spacial score (nSPS) is 21.2. The Morgan fingerprint density at radius 2 is 1.96 bits per heavy atom. The third kappa shape index (κ3) is 3.59. The molecule has 0 fully saturated rings. The summed E-state index contributed by atoms with van der Waals surface area (Å²) < 4.78 is 28.2. The average molecular weight is 357 g/mol. The van der Waals surface area contributed by atoms with Crippen molar-refractivity contribution in [2.24, 2.45) is 4.99 Å². The van der Waals surface area contributed by atoms with Crippen LogP contribution in [0.5, 0.6) is 0 Å². The first-order chi connectivity index (χ1) is 12.0. The first-order valence-electron chi connectivity index (χ1n) is 7.27. The minimum Gasteiger partial charge on any atom is -0.281 e. The van der Waals surface area contributed by atoms with E-state index < -0.39 is 16.4 Å². The van der Waals surface area contributed by atoms with Crippen LogP contribution in [0.1, 0.15) is 17.3 Å². The van der Waals surface area contributed by atoms with Crippen LogP contribution in [0.4, 0.5) is 8.28 Å². The quantitative estimate of drug-likeness (QED) is 0.503. The fourth-order valence-corrected chi connectivity index (χ4v) is 3.92. The van der Waals surface area contributed by atoms with E-state index in [-0.39, 0.29) is 21.5 Å². The van der Waals surface area contributed by atoms with Crippen LogP contribution in [-0.4, -0.2) is 15.9 Å². The number of allylic oxidation sites excluding steroid dienone is 1. The molecule has 2 aromatic rings. The van der Waals surface area contributed by atoms with Gasteiger partial charge in [-0.2, -0.15) is 8.28 Å². The molecule has 1 amide bonds. The van der Waals surface area contributed by atoms with Crippen LogP contribution >= 0.6 is 10.4 Å². The number of hydrogen-bond donors (Lipinski definition) is 1. The number of amides is 1. The third-order valence-corrected chi connectivity index (χ3v) is 5.85. The molecule has 1 atom stereocenters. The Balaban J connectivity index is 1.76. The Morgan fingerprint density at radius 3 is 2.64 bits per heavy atom. The van der Waals surface area contributed by atoms with E-state index >= 15 is 3.89 Å². The number of benzene rings is 1. The molecule has 0 aliphatic carbocycles. The Morgan fingerprint density at radius 1 is 1.20 bits per heavy atom. The molecule has 0 saturated heterocycles. The molecule has 1 aromatic carbocycles. The molecule has 1 aliphatic rings. The highest BCUT2D eigenvalue weighted by molar-refractivity contribution is 8.44. The third-order valence-electron chi connectivity index (χ3n) is 3.43. The van der Waals surface area contributed by atoms with Gasteiger partial charge in [-0.25, -0.2) is 9.98 Å². The summed E-state index contributed by atoms with van der Waals surface area (Å²) in [4.78, 5) is 19.7. The topological polar surface area (TPSA) is 54.4 Å². The number of carbonyl (C=O) groups excluding carboxylic acids is 1. The van der Waals surface area contributed by atoms with Crippen molar-refractivity contribution in [1.29, 1.82) is 0 Å². The smallest absolute Gasteiger partial charge is 0.262 e. The summed E-state index contributed by atoms with van der Waals surface area (Å²) in [6.07, 6.45) is 1.16. The first kappa shape index (κ1) is 16.9. The van der Waals surface area contributed by atoms with Crippen molar-refractivity contribution in [3.05, 3.63) is 71.3 Å². The van der Waals surface area contributed by atoms with Crippen LogP contribution in [0.2, 0.25) is 0 Å². The summed E-state index contributed by atoms with van der Waals surface area (Å²) in [6, 6.07) is 13.6. The Hall–Kier alpha value is -2.98. The van der Waals surface area contributed by atoms with E-state index in [2.05, 4.69) is 27.3 Å². The summed E-state index contributed by atoms with van der Waals surface area (Å²) >= 11 is 0. The molecule has 3 rings (SSSR count). The van der Waals surface area contributed by atoms with E-state index in [9.17, 15) is 9.18 Å². The van der Waals surface area contributed by atoms with Gasteiger partial charge in [-0.05, 0) is 37.1 Å². The predicted octanol–water partition coefficient (Wildman–Crippen LogP) is 3.93. The predicted molar refractivity (Wildman–Crippen MR) is 94.0 cm³/mol. The highest BCUT2D eigenvalue weighted by Crippen LogP contribution is 2.63. The van der Waals surface area contributed by atoms with Gasteiger partial charge in [0.1, 0.15) is 5.70 Å². The maximum atomic E-state index is 15.2. The first-order valence-corrected chi connectivity index (χ1v) is 8.87. The van der Waals surface area contributed by atoms with Gasteiger partial charge < -0.3 is 0 Å². The zero-order valence-electron chi connectivity index (χ0n) is 13.2. The molecular weight excluding hydrogens is 344 g/mol. The van der Waals surface area contributed by atoms with Crippen LogP contribution in [0, 0.1) is 17.9 Å².